The lowest BCUT2D eigenvalue weighted by Crippen LogP contribution is -2.29. The van der Waals surface area contributed by atoms with Gasteiger partial charge in [-0.05, 0) is 44.0 Å². The molecule has 0 atom stereocenters. The number of ether oxygens (including phenoxy) is 1. The van der Waals surface area contributed by atoms with Crippen molar-refractivity contribution in [2.24, 2.45) is 0 Å². The van der Waals surface area contributed by atoms with Gasteiger partial charge in [0.15, 0.2) is 5.69 Å². The number of aromatic nitrogens is 3. The van der Waals surface area contributed by atoms with Crippen LogP contribution in [0.2, 0.25) is 0 Å². The SMILES string of the molecule is CCOCc1ccc(CNC(=O)c2cn(C3CCNCC3)nn2)cc1. The number of benzene rings is 1. The zero-order valence-corrected chi connectivity index (χ0v) is 14.6. The number of nitrogens with zero attached hydrogens (tertiary/aromatic N) is 3. The van der Waals surface area contributed by atoms with Crippen molar-refractivity contribution < 1.29 is 9.53 Å². The van der Waals surface area contributed by atoms with Crippen LogP contribution >= 0.6 is 0 Å². The van der Waals surface area contributed by atoms with Crippen molar-refractivity contribution in [2.75, 3.05) is 19.7 Å². The summed E-state index contributed by atoms with van der Waals surface area (Å²) in [6.45, 7) is 5.72. The summed E-state index contributed by atoms with van der Waals surface area (Å²) in [4.78, 5) is 12.3. The second kappa shape index (κ2) is 8.73. The van der Waals surface area contributed by atoms with E-state index in [0.29, 0.717) is 31.5 Å². The van der Waals surface area contributed by atoms with Crippen molar-refractivity contribution in [3.8, 4) is 0 Å². The minimum Gasteiger partial charge on any atom is -0.377 e. The monoisotopic (exact) mass is 343 g/mol. The van der Waals surface area contributed by atoms with Crippen LogP contribution in [0.3, 0.4) is 0 Å². The zero-order valence-electron chi connectivity index (χ0n) is 14.6. The Kier molecular flexibility index (Phi) is 6.14. The van der Waals surface area contributed by atoms with Gasteiger partial charge >= 0.3 is 0 Å². The van der Waals surface area contributed by atoms with Crippen LogP contribution in [0.1, 0.15) is 47.4 Å². The molecule has 0 radical (unpaired) electrons. The van der Waals surface area contributed by atoms with Gasteiger partial charge in [-0.25, -0.2) is 4.68 Å². The highest BCUT2D eigenvalue weighted by molar-refractivity contribution is 5.91. The standard InChI is InChI=1S/C18H25N5O2/c1-2-25-13-15-5-3-14(4-6-15)11-20-18(24)17-12-23(22-21-17)16-7-9-19-10-8-16/h3-6,12,16,19H,2,7-11,13H2,1H3,(H,20,24). The Morgan fingerprint density at radius 1 is 1.28 bits per heavy atom. The number of nitrogens with one attached hydrogen (secondary N) is 2. The Bertz CT molecular complexity index is 677. The molecule has 1 aliphatic rings. The summed E-state index contributed by atoms with van der Waals surface area (Å²) in [7, 11) is 0. The normalized spacial score (nSPS) is 15.2. The Morgan fingerprint density at radius 2 is 2.00 bits per heavy atom. The molecule has 0 saturated carbocycles. The second-order valence-electron chi connectivity index (χ2n) is 6.20. The maximum absolute atomic E-state index is 12.3. The summed E-state index contributed by atoms with van der Waals surface area (Å²) in [5.41, 5.74) is 2.53. The van der Waals surface area contributed by atoms with E-state index in [2.05, 4.69) is 20.9 Å². The molecule has 7 heteroatoms. The lowest BCUT2D eigenvalue weighted by atomic mass is 10.1. The van der Waals surface area contributed by atoms with E-state index in [1.807, 2.05) is 35.9 Å². The highest BCUT2D eigenvalue weighted by atomic mass is 16.5. The van der Waals surface area contributed by atoms with Gasteiger partial charge in [0, 0.05) is 13.2 Å². The van der Waals surface area contributed by atoms with Crippen molar-refractivity contribution >= 4 is 5.91 Å². The first-order valence-electron chi connectivity index (χ1n) is 8.82. The molecular weight excluding hydrogens is 318 g/mol. The van der Waals surface area contributed by atoms with Gasteiger partial charge < -0.3 is 15.4 Å². The molecule has 0 aliphatic carbocycles. The van der Waals surface area contributed by atoms with E-state index in [4.69, 9.17) is 4.74 Å². The minimum atomic E-state index is -0.196. The Hall–Kier alpha value is -2.25. The predicted molar refractivity (Wildman–Crippen MR) is 94.1 cm³/mol. The number of rotatable bonds is 7. The highest BCUT2D eigenvalue weighted by Crippen LogP contribution is 2.17. The molecule has 3 rings (SSSR count). The summed E-state index contributed by atoms with van der Waals surface area (Å²) >= 11 is 0. The molecule has 0 bridgehead atoms. The molecule has 0 unspecified atom stereocenters. The molecule has 1 amide bonds. The van der Waals surface area contributed by atoms with Crippen molar-refractivity contribution in [3.63, 3.8) is 0 Å². The van der Waals surface area contributed by atoms with Gasteiger partial charge in [0.05, 0.1) is 18.8 Å². The zero-order chi connectivity index (χ0) is 17.5. The second-order valence-corrected chi connectivity index (χ2v) is 6.20. The molecule has 1 saturated heterocycles. The van der Waals surface area contributed by atoms with Crippen molar-refractivity contribution in [2.45, 2.75) is 39.0 Å². The lowest BCUT2D eigenvalue weighted by Gasteiger charge is -2.22. The molecule has 1 aromatic heterocycles. The van der Waals surface area contributed by atoms with E-state index in [9.17, 15) is 4.79 Å². The van der Waals surface area contributed by atoms with E-state index >= 15 is 0 Å². The summed E-state index contributed by atoms with van der Waals surface area (Å²) in [5.74, 6) is -0.196. The van der Waals surface area contributed by atoms with Crippen molar-refractivity contribution in [1.82, 2.24) is 25.6 Å². The molecule has 1 aliphatic heterocycles. The first kappa shape index (κ1) is 17.6. The number of hydrogen-bond donors (Lipinski definition) is 2. The third-order valence-corrected chi connectivity index (χ3v) is 4.37. The third kappa shape index (κ3) is 4.87. The summed E-state index contributed by atoms with van der Waals surface area (Å²) in [5, 5.41) is 14.4. The van der Waals surface area contributed by atoms with Crippen LogP contribution < -0.4 is 10.6 Å². The number of piperidine rings is 1. The van der Waals surface area contributed by atoms with E-state index in [1.54, 1.807) is 6.20 Å². The summed E-state index contributed by atoms with van der Waals surface area (Å²) in [6.07, 6.45) is 3.77. The summed E-state index contributed by atoms with van der Waals surface area (Å²) < 4.78 is 7.19. The first-order chi connectivity index (χ1) is 12.3. The van der Waals surface area contributed by atoms with Gasteiger partial charge in [-0.1, -0.05) is 29.5 Å². The topological polar surface area (TPSA) is 81.1 Å². The van der Waals surface area contributed by atoms with Crippen LogP contribution in [0, 0.1) is 0 Å². The number of carbonyl (C=O) groups is 1. The fraction of sp³-hybridized carbons (Fsp3) is 0.500. The maximum atomic E-state index is 12.3. The van der Waals surface area contributed by atoms with Crippen molar-refractivity contribution in [3.05, 3.63) is 47.3 Å². The smallest absolute Gasteiger partial charge is 0.273 e. The largest absolute Gasteiger partial charge is 0.377 e. The Labute approximate surface area is 147 Å². The lowest BCUT2D eigenvalue weighted by molar-refractivity contribution is 0.0945. The van der Waals surface area contributed by atoms with E-state index in [1.165, 1.54) is 0 Å². The van der Waals surface area contributed by atoms with Crippen LogP contribution in [-0.2, 0) is 17.9 Å². The average molecular weight is 343 g/mol. The Morgan fingerprint density at radius 3 is 2.72 bits per heavy atom. The van der Waals surface area contributed by atoms with Crippen LogP contribution in [0.15, 0.2) is 30.5 Å². The van der Waals surface area contributed by atoms with Crippen LogP contribution in [0.25, 0.3) is 0 Å². The van der Waals surface area contributed by atoms with Gasteiger partial charge in [0.2, 0.25) is 0 Å². The van der Waals surface area contributed by atoms with E-state index in [-0.39, 0.29) is 5.91 Å². The number of hydrogen-bond acceptors (Lipinski definition) is 5. The predicted octanol–water partition coefficient (Wildman–Crippen LogP) is 1.67. The van der Waals surface area contributed by atoms with Gasteiger partial charge in [-0.15, -0.1) is 5.10 Å². The minimum absolute atomic E-state index is 0.196. The molecular formula is C18H25N5O2. The fourth-order valence-corrected chi connectivity index (χ4v) is 2.88. The summed E-state index contributed by atoms with van der Waals surface area (Å²) in [6, 6.07) is 8.36. The first-order valence-corrected chi connectivity index (χ1v) is 8.82. The van der Waals surface area contributed by atoms with Gasteiger partial charge in [0.1, 0.15) is 0 Å². The van der Waals surface area contributed by atoms with E-state index < -0.39 is 0 Å². The quantitative estimate of drug-likeness (QED) is 0.799. The van der Waals surface area contributed by atoms with Crippen molar-refractivity contribution in [1.29, 1.82) is 0 Å². The average Bonchev–Trinajstić information content (AvgIpc) is 3.16. The molecule has 1 aromatic carbocycles. The number of carbonyl (C=O) groups excluding carboxylic acids is 1. The molecule has 2 heterocycles. The maximum Gasteiger partial charge on any atom is 0.273 e. The molecule has 134 valence electrons. The van der Waals surface area contributed by atoms with Gasteiger partial charge in [-0.3, -0.25) is 4.79 Å². The highest BCUT2D eigenvalue weighted by Gasteiger charge is 2.18. The molecule has 2 aromatic rings. The number of amides is 1. The van der Waals surface area contributed by atoms with Gasteiger partial charge in [0.25, 0.3) is 5.91 Å². The van der Waals surface area contributed by atoms with Gasteiger partial charge in [-0.2, -0.15) is 0 Å². The Balaban J connectivity index is 1.51. The van der Waals surface area contributed by atoms with Crippen LogP contribution in [-0.4, -0.2) is 40.6 Å². The molecule has 2 N–H and O–H groups in total. The third-order valence-electron chi connectivity index (χ3n) is 4.37. The van der Waals surface area contributed by atoms with E-state index in [0.717, 1.165) is 37.1 Å². The molecule has 0 spiro atoms. The van der Waals surface area contributed by atoms with Crippen LogP contribution in [0.5, 0.6) is 0 Å². The fourth-order valence-electron chi connectivity index (χ4n) is 2.88. The molecule has 7 nitrogen and oxygen atoms in total. The molecule has 25 heavy (non-hydrogen) atoms. The van der Waals surface area contributed by atoms with Crippen LogP contribution in [0.4, 0.5) is 0 Å². The molecule has 1 fully saturated rings.